The molecule has 2 bridgehead atoms. The Morgan fingerprint density at radius 2 is 2.14 bits per heavy atom. The van der Waals surface area contributed by atoms with Crippen LogP contribution in [0, 0.1) is 5.92 Å². The highest BCUT2D eigenvalue weighted by atomic mass is 19.4. The van der Waals surface area contributed by atoms with Crippen LogP contribution in [-0.2, 0) is 4.79 Å². The molecule has 1 saturated heterocycles. The van der Waals surface area contributed by atoms with Crippen LogP contribution in [0.4, 0.5) is 13.2 Å². The Balaban J connectivity index is 2.28. The standard InChI is InChI=1S/C9H10F3NO/c1-4(9(10,11)12)6-2-5-3-7(6)13-8(5)14/h5,7H,2-3H2,1H3,(H,13,14)/b6-4-. The predicted molar refractivity (Wildman–Crippen MR) is 43.4 cm³/mol. The number of fused-ring (bicyclic) bond motifs is 2. The van der Waals surface area contributed by atoms with Crippen LogP contribution in [-0.4, -0.2) is 18.1 Å². The molecular weight excluding hydrogens is 195 g/mol. The van der Waals surface area contributed by atoms with Gasteiger partial charge in [0, 0.05) is 11.5 Å². The number of carbonyl (C=O) groups excluding carboxylic acids is 1. The van der Waals surface area contributed by atoms with E-state index in [-0.39, 0.29) is 24.3 Å². The van der Waals surface area contributed by atoms with E-state index < -0.39 is 11.7 Å². The summed E-state index contributed by atoms with van der Waals surface area (Å²) in [5.41, 5.74) is -0.174. The highest BCUT2D eigenvalue weighted by Gasteiger charge is 2.45. The van der Waals surface area contributed by atoms with Crippen molar-refractivity contribution in [1.82, 2.24) is 5.32 Å². The fourth-order valence-electron chi connectivity index (χ4n) is 2.15. The monoisotopic (exact) mass is 205 g/mol. The largest absolute Gasteiger partial charge is 0.412 e. The van der Waals surface area contributed by atoms with Gasteiger partial charge in [0.05, 0.1) is 6.04 Å². The molecule has 5 heteroatoms. The predicted octanol–water partition coefficient (Wildman–Crippen LogP) is 1.77. The fraction of sp³-hybridized carbons (Fsp3) is 0.667. The number of hydrogen-bond donors (Lipinski definition) is 1. The van der Waals surface area contributed by atoms with Crippen LogP contribution in [0.15, 0.2) is 11.1 Å². The first-order valence-electron chi connectivity index (χ1n) is 4.47. The van der Waals surface area contributed by atoms with Crippen LogP contribution < -0.4 is 5.32 Å². The van der Waals surface area contributed by atoms with Crippen LogP contribution in [0.1, 0.15) is 19.8 Å². The molecule has 14 heavy (non-hydrogen) atoms. The SMILES string of the molecule is C/C(=C1\CC2CC1NC2=O)C(F)(F)F. The molecule has 2 fully saturated rings. The number of hydrogen-bond acceptors (Lipinski definition) is 1. The molecule has 2 atom stereocenters. The van der Waals surface area contributed by atoms with Gasteiger partial charge >= 0.3 is 6.18 Å². The molecule has 1 heterocycles. The van der Waals surface area contributed by atoms with Crippen LogP contribution >= 0.6 is 0 Å². The van der Waals surface area contributed by atoms with E-state index in [1.54, 1.807) is 0 Å². The molecular formula is C9H10F3NO. The average Bonchev–Trinajstić information content (AvgIpc) is 2.58. The van der Waals surface area contributed by atoms with Crippen molar-refractivity contribution in [3.63, 3.8) is 0 Å². The van der Waals surface area contributed by atoms with Crippen LogP contribution in [0.3, 0.4) is 0 Å². The van der Waals surface area contributed by atoms with Gasteiger partial charge in [-0.1, -0.05) is 0 Å². The molecule has 1 N–H and O–H groups in total. The van der Waals surface area contributed by atoms with Gasteiger partial charge in [-0.3, -0.25) is 4.79 Å². The minimum atomic E-state index is -4.26. The van der Waals surface area contributed by atoms with Gasteiger partial charge in [-0.25, -0.2) is 0 Å². The summed E-state index contributed by atoms with van der Waals surface area (Å²) in [6.07, 6.45) is -3.45. The van der Waals surface area contributed by atoms with Gasteiger partial charge in [-0.15, -0.1) is 0 Å². The summed E-state index contributed by atoms with van der Waals surface area (Å²) in [6.45, 7) is 1.09. The summed E-state index contributed by atoms with van der Waals surface area (Å²) in [4.78, 5) is 11.0. The summed E-state index contributed by atoms with van der Waals surface area (Å²) in [5.74, 6) is -0.332. The Kier molecular flexibility index (Phi) is 1.87. The van der Waals surface area contributed by atoms with Crippen LogP contribution in [0.25, 0.3) is 0 Å². The van der Waals surface area contributed by atoms with E-state index in [2.05, 4.69) is 5.32 Å². The molecule has 0 aromatic heterocycles. The minimum absolute atomic E-state index is 0.103. The summed E-state index contributed by atoms with van der Waals surface area (Å²) in [7, 11) is 0. The van der Waals surface area contributed by atoms with Crippen molar-refractivity contribution < 1.29 is 18.0 Å². The first kappa shape index (κ1) is 9.55. The van der Waals surface area contributed by atoms with Crippen molar-refractivity contribution in [1.29, 1.82) is 0 Å². The van der Waals surface area contributed by atoms with E-state index in [9.17, 15) is 18.0 Å². The van der Waals surface area contributed by atoms with E-state index in [0.29, 0.717) is 12.0 Å². The number of amides is 1. The maximum atomic E-state index is 12.4. The van der Waals surface area contributed by atoms with E-state index >= 15 is 0 Å². The molecule has 2 nitrogen and oxygen atoms in total. The smallest absolute Gasteiger partial charge is 0.349 e. The zero-order valence-electron chi connectivity index (χ0n) is 7.61. The Labute approximate surface area is 79.2 Å². The fourth-order valence-corrected chi connectivity index (χ4v) is 2.15. The molecule has 1 amide bonds. The highest BCUT2D eigenvalue weighted by molar-refractivity contribution is 5.84. The van der Waals surface area contributed by atoms with Crippen LogP contribution in [0.2, 0.25) is 0 Å². The number of allylic oxidation sites excluding steroid dienone is 1. The molecule has 78 valence electrons. The lowest BCUT2D eigenvalue weighted by Crippen LogP contribution is -2.34. The normalized spacial score (nSPS) is 34.7. The Morgan fingerprint density at radius 1 is 1.50 bits per heavy atom. The topological polar surface area (TPSA) is 29.1 Å². The third-order valence-corrected chi connectivity index (χ3v) is 3.00. The van der Waals surface area contributed by atoms with E-state index in [1.807, 2.05) is 0 Å². The first-order valence-corrected chi connectivity index (χ1v) is 4.47. The summed E-state index contributed by atoms with van der Waals surface area (Å²) in [6, 6.07) is -0.367. The number of nitrogens with one attached hydrogen (secondary N) is 1. The zero-order chi connectivity index (χ0) is 10.5. The lowest BCUT2D eigenvalue weighted by atomic mass is 10.0. The van der Waals surface area contributed by atoms with Gasteiger partial charge in [0.15, 0.2) is 0 Å². The lowest BCUT2D eigenvalue weighted by Gasteiger charge is -2.19. The molecule has 1 saturated carbocycles. The highest BCUT2D eigenvalue weighted by Crippen LogP contribution is 2.41. The van der Waals surface area contributed by atoms with Crippen LogP contribution in [0.5, 0.6) is 0 Å². The second kappa shape index (κ2) is 2.74. The van der Waals surface area contributed by atoms with Gasteiger partial charge < -0.3 is 5.32 Å². The summed E-state index contributed by atoms with van der Waals surface area (Å²) in [5, 5.41) is 2.56. The summed E-state index contributed by atoms with van der Waals surface area (Å²) >= 11 is 0. The maximum absolute atomic E-state index is 12.4. The van der Waals surface area contributed by atoms with E-state index in [4.69, 9.17) is 0 Å². The van der Waals surface area contributed by atoms with Crippen molar-refractivity contribution in [2.75, 3.05) is 0 Å². The molecule has 1 aliphatic heterocycles. The quantitative estimate of drug-likeness (QED) is 0.600. The van der Waals surface area contributed by atoms with E-state index in [1.165, 1.54) is 0 Å². The van der Waals surface area contributed by atoms with Crippen molar-refractivity contribution >= 4 is 5.91 Å². The molecule has 2 aliphatic rings. The zero-order valence-corrected chi connectivity index (χ0v) is 7.61. The minimum Gasteiger partial charge on any atom is -0.349 e. The Morgan fingerprint density at radius 3 is 2.50 bits per heavy atom. The Bertz CT molecular complexity index is 319. The van der Waals surface area contributed by atoms with Crippen molar-refractivity contribution in [2.45, 2.75) is 32.0 Å². The van der Waals surface area contributed by atoms with Crippen molar-refractivity contribution in [2.24, 2.45) is 5.92 Å². The first-order chi connectivity index (χ1) is 6.39. The van der Waals surface area contributed by atoms with Gasteiger partial charge in [0.2, 0.25) is 5.91 Å². The molecule has 0 aromatic carbocycles. The third-order valence-electron chi connectivity index (χ3n) is 3.00. The van der Waals surface area contributed by atoms with Crippen molar-refractivity contribution in [3.05, 3.63) is 11.1 Å². The van der Waals surface area contributed by atoms with Gasteiger partial charge in [-0.05, 0) is 25.3 Å². The number of piperidine rings is 1. The summed E-state index contributed by atoms with van der Waals surface area (Å²) < 4.78 is 37.1. The number of halogens is 3. The van der Waals surface area contributed by atoms with Gasteiger partial charge in [-0.2, -0.15) is 13.2 Å². The second-order valence-corrected chi connectivity index (χ2v) is 3.85. The number of alkyl halides is 3. The molecule has 0 aromatic rings. The van der Waals surface area contributed by atoms with Crippen molar-refractivity contribution in [3.8, 4) is 0 Å². The molecule has 0 spiro atoms. The third kappa shape index (κ3) is 1.31. The van der Waals surface area contributed by atoms with E-state index in [0.717, 1.165) is 6.92 Å². The molecule has 0 radical (unpaired) electrons. The molecule has 1 aliphatic carbocycles. The van der Waals surface area contributed by atoms with Gasteiger partial charge in [0.1, 0.15) is 0 Å². The Hall–Kier alpha value is -1.00. The number of carbonyl (C=O) groups is 1. The van der Waals surface area contributed by atoms with Gasteiger partial charge in [0.25, 0.3) is 0 Å². The average molecular weight is 205 g/mol. The number of rotatable bonds is 0. The second-order valence-electron chi connectivity index (χ2n) is 3.85. The molecule has 2 rings (SSSR count). The lowest BCUT2D eigenvalue weighted by molar-refractivity contribution is -0.123. The maximum Gasteiger partial charge on any atom is 0.412 e. The molecule has 2 unspecified atom stereocenters.